The third-order valence-corrected chi connectivity index (χ3v) is 8.87. The largest absolute Gasteiger partial charge is 0.573 e. The van der Waals surface area contributed by atoms with Gasteiger partial charge >= 0.3 is 12.3 Å². The van der Waals surface area contributed by atoms with E-state index in [1.165, 1.54) is 25.3 Å². The topological polar surface area (TPSA) is 76.8 Å². The number of carboxylic acid groups (broad SMARTS) is 1. The Kier molecular flexibility index (Phi) is 9.30. The van der Waals surface area contributed by atoms with E-state index >= 15 is 0 Å². The summed E-state index contributed by atoms with van der Waals surface area (Å²) in [5, 5.41) is 13.7. The quantitative estimate of drug-likeness (QED) is 0.295. The molecule has 10 heteroatoms. The highest BCUT2D eigenvalue weighted by atomic mass is 19.4. The summed E-state index contributed by atoms with van der Waals surface area (Å²) in [6.45, 7) is 6.81. The fraction of sp³-hybridized carbons (Fsp3) is 0.529. The van der Waals surface area contributed by atoms with Gasteiger partial charge in [-0.3, -0.25) is 14.4 Å². The monoisotopic (exact) mass is 613 g/mol. The van der Waals surface area contributed by atoms with Crippen molar-refractivity contribution in [3.8, 4) is 22.8 Å². The number of fused-ring (bicyclic) bond motifs is 1. The number of hydrogen-bond donors (Lipinski definition) is 1. The fourth-order valence-corrected chi connectivity index (χ4v) is 6.12. The van der Waals surface area contributed by atoms with Crippen LogP contribution in [0.25, 0.3) is 11.3 Å². The van der Waals surface area contributed by atoms with Crippen molar-refractivity contribution < 1.29 is 32.5 Å². The third kappa shape index (κ3) is 7.75. The molecule has 1 saturated heterocycles. The Labute approximate surface area is 257 Å². The lowest BCUT2D eigenvalue weighted by Gasteiger charge is -2.46. The highest BCUT2D eigenvalue weighted by molar-refractivity contribution is 5.70. The van der Waals surface area contributed by atoms with Gasteiger partial charge in [0.05, 0.1) is 17.3 Å². The molecule has 2 aliphatic heterocycles. The second kappa shape index (κ2) is 12.8. The molecule has 7 nitrogen and oxygen atoms in total. The molecule has 0 bridgehead atoms. The summed E-state index contributed by atoms with van der Waals surface area (Å²) in [6, 6.07) is 12.4. The molecule has 2 atom stereocenters. The molecule has 1 spiro atoms. The van der Waals surface area contributed by atoms with E-state index in [0.29, 0.717) is 25.1 Å². The number of halogens is 3. The van der Waals surface area contributed by atoms with Gasteiger partial charge in [-0.25, -0.2) is 0 Å². The molecular formula is C34H42F3N3O4. The molecule has 0 radical (unpaired) electrons. The van der Waals surface area contributed by atoms with Crippen LogP contribution in [0.1, 0.15) is 80.8 Å². The predicted octanol–water partition coefficient (Wildman–Crippen LogP) is 7.65. The number of benzene rings is 2. The van der Waals surface area contributed by atoms with Crippen LogP contribution in [0.4, 0.5) is 13.2 Å². The normalized spacial score (nSPS) is 18.8. The Bertz CT molecular complexity index is 1470. The first-order valence-corrected chi connectivity index (χ1v) is 15.5. The lowest BCUT2D eigenvalue weighted by atomic mass is 9.82. The van der Waals surface area contributed by atoms with Crippen molar-refractivity contribution in [3.63, 3.8) is 0 Å². The molecule has 1 aliphatic carbocycles. The molecule has 6 rings (SSSR count). The van der Waals surface area contributed by atoms with E-state index in [-0.39, 0.29) is 17.4 Å². The van der Waals surface area contributed by atoms with E-state index in [0.717, 1.165) is 59.5 Å². The van der Waals surface area contributed by atoms with Gasteiger partial charge in [-0.15, -0.1) is 13.2 Å². The number of carbonyl (C=O) groups is 1. The summed E-state index contributed by atoms with van der Waals surface area (Å²) in [6.07, 6.45) is 3.35. The SMILES string of the molecule is C1CC1.Cc1cc(-c2ccc(OC(F)(F)F)c(C(C)N3CCC4(CCc5ccc(CC(C)C(=O)O)cc5O4)CC3)c2)n(C)n1. The van der Waals surface area contributed by atoms with Crippen LogP contribution in [-0.2, 0) is 24.7 Å². The summed E-state index contributed by atoms with van der Waals surface area (Å²) < 4.78 is 52.7. The predicted molar refractivity (Wildman–Crippen MR) is 162 cm³/mol. The summed E-state index contributed by atoms with van der Waals surface area (Å²) >= 11 is 0. The number of aromatic nitrogens is 2. The average molecular weight is 614 g/mol. The zero-order valence-electron chi connectivity index (χ0n) is 25.9. The molecule has 3 heterocycles. The van der Waals surface area contributed by atoms with Gasteiger partial charge in [0, 0.05) is 37.3 Å². The maximum atomic E-state index is 13.3. The summed E-state index contributed by atoms with van der Waals surface area (Å²) in [4.78, 5) is 13.5. The number of ether oxygens (including phenoxy) is 2. The average Bonchev–Trinajstić information content (AvgIpc) is 3.81. The third-order valence-electron chi connectivity index (χ3n) is 8.87. The number of carboxylic acids is 1. The molecule has 1 aromatic heterocycles. The molecule has 3 aliphatic rings. The van der Waals surface area contributed by atoms with Crippen molar-refractivity contribution in [1.82, 2.24) is 14.7 Å². The van der Waals surface area contributed by atoms with Crippen molar-refractivity contribution in [2.75, 3.05) is 13.1 Å². The molecule has 1 saturated carbocycles. The smallest absolute Gasteiger partial charge is 0.487 e. The summed E-state index contributed by atoms with van der Waals surface area (Å²) in [7, 11) is 1.81. The molecule has 238 valence electrons. The second-order valence-electron chi connectivity index (χ2n) is 12.5. The molecule has 2 unspecified atom stereocenters. The number of rotatable bonds is 7. The van der Waals surface area contributed by atoms with Gasteiger partial charge in [0.1, 0.15) is 17.1 Å². The van der Waals surface area contributed by atoms with Crippen molar-refractivity contribution in [2.24, 2.45) is 13.0 Å². The van der Waals surface area contributed by atoms with E-state index in [1.54, 1.807) is 23.7 Å². The second-order valence-corrected chi connectivity index (χ2v) is 12.5. The van der Waals surface area contributed by atoms with Crippen molar-refractivity contribution in [1.29, 1.82) is 0 Å². The zero-order valence-corrected chi connectivity index (χ0v) is 25.9. The van der Waals surface area contributed by atoms with Crippen LogP contribution in [0.15, 0.2) is 42.5 Å². The lowest BCUT2D eigenvalue weighted by molar-refractivity contribution is -0.275. The van der Waals surface area contributed by atoms with Gasteiger partial charge in [0.2, 0.25) is 0 Å². The number of hydrogen-bond acceptors (Lipinski definition) is 5. The minimum atomic E-state index is -4.80. The van der Waals surface area contributed by atoms with Gasteiger partial charge in [0.25, 0.3) is 0 Å². The fourth-order valence-electron chi connectivity index (χ4n) is 6.12. The van der Waals surface area contributed by atoms with Crippen LogP contribution < -0.4 is 9.47 Å². The maximum absolute atomic E-state index is 13.3. The number of aliphatic carboxylic acids is 1. The van der Waals surface area contributed by atoms with E-state index in [2.05, 4.69) is 14.7 Å². The first kappa shape index (κ1) is 31.9. The maximum Gasteiger partial charge on any atom is 0.573 e. The Morgan fingerprint density at radius 2 is 1.77 bits per heavy atom. The highest BCUT2D eigenvalue weighted by Gasteiger charge is 2.41. The molecular weight excluding hydrogens is 571 g/mol. The molecule has 2 fully saturated rings. The minimum absolute atomic E-state index is 0.195. The Morgan fingerprint density at radius 3 is 2.36 bits per heavy atom. The summed E-state index contributed by atoms with van der Waals surface area (Å²) in [5.74, 6) is -0.694. The number of piperidine rings is 1. The van der Waals surface area contributed by atoms with Gasteiger partial charge in [-0.2, -0.15) is 5.10 Å². The van der Waals surface area contributed by atoms with Crippen molar-refractivity contribution in [2.45, 2.75) is 90.1 Å². The van der Waals surface area contributed by atoms with E-state index < -0.39 is 18.2 Å². The molecule has 0 amide bonds. The van der Waals surface area contributed by atoms with Crippen molar-refractivity contribution >= 4 is 5.97 Å². The van der Waals surface area contributed by atoms with Crippen LogP contribution >= 0.6 is 0 Å². The van der Waals surface area contributed by atoms with Crippen LogP contribution in [0.5, 0.6) is 11.5 Å². The lowest BCUT2D eigenvalue weighted by Crippen LogP contribution is -2.50. The first-order chi connectivity index (χ1) is 20.8. The highest BCUT2D eigenvalue weighted by Crippen LogP contribution is 2.43. The molecule has 44 heavy (non-hydrogen) atoms. The molecule has 3 aromatic rings. The molecule has 2 aromatic carbocycles. The van der Waals surface area contributed by atoms with Gasteiger partial charge in [-0.05, 0) is 87.4 Å². The van der Waals surface area contributed by atoms with Gasteiger partial charge in [0.15, 0.2) is 0 Å². The van der Waals surface area contributed by atoms with E-state index in [4.69, 9.17) is 4.74 Å². The minimum Gasteiger partial charge on any atom is -0.487 e. The Balaban J connectivity index is 0.00000121. The van der Waals surface area contributed by atoms with E-state index in [9.17, 15) is 23.1 Å². The number of likely N-dealkylation sites (tertiary alicyclic amines) is 1. The summed E-state index contributed by atoms with van der Waals surface area (Å²) in [5.41, 5.74) is 4.60. The number of aryl methyl sites for hydroxylation is 3. The van der Waals surface area contributed by atoms with Crippen LogP contribution in [0.3, 0.4) is 0 Å². The van der Waals surface area contributed by atoms with Crippen molar-refractivity contribution in [3.05, 3.63) is 64.8 Å². The Morgan fingerprint density at radius 1 is 1.07 bits per heavy atom. The van der Waals surface area contributed by atoms with Gasteiger partial charge in [-0.1, -0.05) is 38.3 Å². The Hall–Kier alpha value is -3.53. The number of alkyl halides is 3. The zero-order chi connectivity index (χ0) is 31.6. The molecule has 1 N–H and O–H groups in total. The van der Waals surface area contributed by atoms with Crippen LogP contribution in [-0.4, -0.2) is 50.8 Å². The number of nitrogens with zero attached hydrogens (tertiary/aromatic N) is 3. The van der Waals surface area contributed by atoms with E-state index in [1.807, 2.05) is 45.2 Å². The van der Waals surface area contributed by atoms with Crippen LogP contribution in [0, 0.1) is 12.8 Å². The first-order valence-electron chi connectivity index (χ1n) is 15.5. The van der Waals surface area contributed by atoms with Crippen LogP contribution in [0.2, 0.25) is 0 Å². The van der Waals surface area contributed by atoms with Gasteiger partial charge < -0.3 is 14.6 Å². The standard InChI is InChI=1S/C31H36F3N3O4.C3H6/c1-19(29(38)39)15-22-5-6-23-9-10-30(40-28(23)17-22)11-13-37(14-12-30)21(3)25-18-24(26-16-20(2)35-36(26)4)7-8-27(25)41-31(32,33)34;1-2-3-1/h5-8,16-19,21H,9-15H2,1-4H3,(H,38,39);1-3H2.